The van der Waals surface area contributed by atoms with Gasteiger partial charge in [0.2, 0.25) is 5.91 Å². The third-order valence-corrected chi connectivity index (χ3v) is 4.71. The van der Waals surface area contributed by atoms with E-state index in [9.17, 15) is 9.59 Å². The molecule has 0 bridgehead atoms. The van der Waals surface area contributed by atoms with Crippen LogP contribution in [-0.4, -0.2) is 20.0 Å². The topological polar surface area (TPSA) is 82.1 Å². The number of amides is 1. The number of oxazole rings is 1. The predicted octanol–water partition coefficient (Wildman–Crippen LogP) is 3.69. The lowest BCUT2D eigenvalue weighted by Gasteiger charge is -2.06. The van der Waals surface area contributed by atoms with E-state index in [2.05, 4.69) is 10.3 Å². The van der Waals surface area contributed by atoms with Gasteiger partial charge in [-0.05, 0) is 36.8 Å². The lowest BCUT2D eigenvalue weighted by molar-refractivity contribution is -0.116. The van der Waals surface area contributed by atoms with Crippen molar-refractivity contribution in [2.75, 3.05) is 5.32 Å². The number of nitrogens with one attached hydrogen (secondary N) is 1. The molecule has 4 aromatic rings. The zero-order valence-corrected chi connectivity index (χ0v) is 15.9. The summed E-state index contributed by atoms with van der Waals surface area (Å²) in [6.07, 6.45) is 1.08. The number of nitrogens with zero attached hydrogens (tertiary/aromatic N) is 3. The molecule has 2 aromatic heterocycles. The first kappa shape index (κ1) is 18.0. The van der Waals surface area contributed by atoms with Crippen LogP contribution in [0.4, 0.5) is 5.69 Å². The molecule has 0 fully saturated rings. The lowest BCUT2D eigenvalue weighted by atomic mass is 10.2. The van der Waals surface area contributed by atoms with Gasteiger partial charge in [0.15, 0.2) is 11.5 Å². The van der Waals surface area contributed by atoms with Gasteiger partial charge in [0.1, 0.15) is 5.52 Å². The first-order valence-electron chi connectivity index (χ1n) is 9.42. The molecule has 1 amide bonds. The van der Waals surface area contributed by atoms with E-state index in [4.69, 9.17) is 4.42 Å². The molecule has 2 aromatic carbocycles. The van der Waals surface area contributed by atoms with Crippen molar-refractivity contribution in [3.05, 3.63) is 58.8 Å². The molecule has 0 saturated carbocycles. The number of rotatable bonds is 6. The zero-order chi connectivity index (χ0) is 19.7. The van der Waals surface area contributed by atoms with Gasteiger partial charge in [0, 0.05) is 32.1 Å². The zero-order valence-electron chi connectivity index (χ0n) is 15.9. The summed E-state index contributed by atoms with van der Waals surface area (Å²) < 4.78 is 8.89. The fraction of sp³-hybridized carbons (Fsp3) is 0.286. The standard InChI is InChI=1S/C21H22N4O3/c1-3-11-24-17-6-4-5-7-18(17)25(21(24)27)12-10-20(26)23-15-8-9-19-16(13-15)22-14(2)28-19/h4-9,13H,3,10-12H2,1-2H3,(H,23,26). The van der Waals surface area contributed by atoms with Crippen LogP contribution in [0.5, 0.6) is 0 Å². The van der Waals surface area contributed by atoms with Crippen LogP contribution in [-0.2, 0) is 17.9 Å². The molecule has 28 heavy (non-hydrogen) atoms. The van der Waals surface area contributed by atoms with Gasteiger partial charge in [-0.3, -0.25) is 13.9 Å². The highest BCUT2D eigenvalue weighted by Gasteiger charge is 2.13. The van der Waals surface area contributed by atoms with Crippen LogP contribution in [0.15, 0.2) is 51.7 Å². The number of anilines is 1. The van der Waals surface area contributed by atoms with E-state index in [1.807, 2.05) is 31.2 Å². The van der Waals surface area contributed by atoms with Gasteiger partial charge >= 0.3 is 5.69 Å². The number of hydrogen-bond acceptors (Lipinski definition) is 4. The molecule has 4 rings (SSSR count). The second kappa shape index (κ2) is 7.34. The number of carbonyl (C=O) groups is 1. The minimum Gasteiger partial charge on any atom is -0.441 e. The van der Waals surface area contributed by atoms with Gasteiger partial charge in [0.25, 0.3) is 0 Å². The largest absolute Gasteiger partial charge is 0.441 e. The van der Waals surface area contributed by atoms with Gasteiger partial charge < -0.3 is 9.73 Å². The van der Waals surface area contributed by atoms with E-state index in [0.717, 1.165) is 17.5 Å². The predicted molar refractivity (Wildman–Crippen MR) is 108 cm³/mol. The molecule has 0 spiro atoms. The second-order valence-corrected chi connectivity index (χ2v) is 6.79. The van der Waals surface area contributed by atoms with Crippen LogP contribution in [0.3, 0.4) is 0 Å². The number of imidazole rings is 1. The average Bonchev–Trinajstić information content (AvgIpc) is 3.17. The summed E-state index contributed by atoms with van der Waals surface area (Å²) in [5.41, 5.74) is 3.73. The van der Waals surface area contributed by atoms with Gasteiger partial charge in [0.05, 0.1) is 11.0 Å². The van der Waals surface area contributed by atoms with Crippen molar-refractivity contribution in [2.45, 2.75) is 39.8 Å². The second-order valence-electron chi connectivity index (χ2n) is 6.79. The first-order chi connectivity index (χ1) is 13.6. The third-order valence-electron chi connectivity index (χ3n) is 4.71. The molecule has 0 atom stereocenters. The SMILES string of the molecule is CCCn1c(=O)n(CCC(=O)Nc2ccc3oc(C)nc3c2)c2ccccc21. The molecule has 0 unspecified atom stereocenters. The Labute approximate surface area is 161 Å². The van der Waals surface area contributed by atoms with Crippen molar-refractivity contribution in [1.82, 2.24) is 14.1 Å². The van der Waals surface area contributed by atoms with Crippen LogP contribution in [0.1, 0.15) is 25.7 Å². The quantitative estimate of drug-likeness (QED) is 0.555. The van der Waals surface area contributed by atoms with Crippen LogP contribution >= 0.6 is 0 Å². The number of aryl methyl sites for hydroxylation is 3. The molecule has 0 aliphatic heterocycles. The third kappa shape index (κ3) is 3.31. The highest BCUT2D eigenvalue weighted by Crippen LogP contribution is 2.20. The fourth-order valence-corrected chi connectivity index (χ4v) is 3.49. The lowest BCUT2D eigenvalue weighted by Crippen LogP contribution is -2.26. The Morgan fingerprint density at radius 1 is 1.11 bits per heavy atom. The Bertz CT molecular complexity index is 1220. The van der Waals surface area contributed by atoms with Crippen LogP contribution in [0, 0.1) is 6.92 Å². The molecule has 2 heterocycles. The molecular formula is C21H22N4O3. The Morgan fingerprint density at radius 2 is 1.82 bits per heavy atom. The minimum absolute atomic E-state index is 0.0738. The highest BCUT2D eigenvalue weighted by atomic mass is 16.3. The Morgan fingerprint density at radius 3 is 2.54 bits per heavy atom. The molecule has 0 aliphatic carbocycles. The smallest absolute Gasteiger partial charge is 0.329 e. The molecule has 1 N–H and O–H groups in total. The molecule has 7 heteroatoms. The van der Waals surface area contributed by atoms with Crippen molar-refractivity contribution in [3.8, 4) is 0 Å². The maximum Gasteiger partial charge on any atom is 0.329 e. The molecule has 144 valence electrons. The van der Waals surface area contributed by atoms with Gasteiger partial charge in [-0.15, -0.1) is 0 Å². The maximum absolute atomic E-state index is 12.8. The van der Waals surface area contributed by atoms with E-state index in [0.29, 0.717) is 35.8 Å². The first-order valence-corrected chi connectivity index (χ1v) is 9.42. The minimum atomic E-state index is -0.154. The Balaban J connectivity index is 1.51. The maximum atomic E-state index is 12.8. The van der Waals surface area contributed by atoms with E-state index in [1.54, 1.807) is 34.3 Å². The van der Waals surface area contributed by atoms with E-state index >= 15 is 0 Å². The summed E-state index contributed by atoms with van der Waals surface area (Å²) in [6, 6.07) is 13.0. The summed E-state index contributed by atoms with van der Waals surface area (Å²) in [4.78, 5) is 29.5. The number of aromatic nitrogens is 3. The summed E-state index contributed by atoms with van der Waals surface area (Å²) in [5, 5.41) is 2.87. The van der Waals surface area contributed by atoms with E-state index < -0.39 is 0 Å². The molecular weight excluding hydrogens is 356 g/mol. The van der Waals surface area contributed by atoms with Crippen molar-refractivity contribution < 1.29 is 9.21 Å². The number of benzene rings is 2. The van der Waals surface area contributed by atoms with Gasteiger partial charge in [-0.25, -0.2) is 9.78 Å². The van der Waals surface area contributed by atoms with Gasteiger partial charge in [-0.1, -0.05) is 19.1 Å². The van der Waals surface area contributed by atoms with Crippen LogP contribution in [0.2, 0.25) is 0 Å². The van der Waals surface area contributed by atoms with Crippen molar-refractivity contribution in [1.29, 1.82) is 0 Å². The van der Waals surface area contributed by atoms with Crippen LogP contribution in [0.25, 0.3) is 22.1 Å². The number of carbonyl (C=O) groups excluding carboxylic acids is 1. The van der Waals surface area contributed by atoms with Crippen molar-refractivity contribution in [3.63, 3.8) is 0 Å². The van der Waals surface area contributed by atoms with Crippen molar-refractivity contribution >= 4 is 33.7 Å². The van der Waals surface area contributed by atoms with E-state index in [-0.39, 0.29) is 18.0 Å². The Kier molecular flexibility index (Phi) is 4.73. The molecule has 0 radical (unpaired) electrons. The molecule has 7 nitrogen and oxygen atoms in total. The Hall–Kier alpha value is -3.35. The normalized spacial score (nSPS) is 11.4. The number of hydrogen-bond donors (Lipinski definition) is 1. The van der Waals surface area contributed by atoms with E-state index in [1.165, 1.54) is 0 Å². The monoisotopic (exact) mass is 378 g/mol. The fourth-order valence-electron chi connectivity index (χ4n) is 3.49. The highest BCUT2D eigenvalue weighted by molar-refractivity contribution is 5.92. The van der Waals surface area contributed by atoms with Crippen LogP contribution < -0.4 is 11.0 Å². The summed E-state index contributed by atoms with van der Waals surface area (Å²) in [7, 11) is 0. The van der Waals surface area contributed by atoms with Gasteiger partial charge in [-0.2, -0.15) is 0 Å². The summed E-state index contributed by atoms with van der Waals surface area (Å²) >= 11 is 0. The summed E-state index contributed by atoms with van der Waals surface area (Å²) in [5.74, 6) is 0.431. The number of fused-ring (bicyclic) bond motifs is 2. The number of para-hydroxylation sites is 2. The molecule has 0 saturated heterocycles. The molecule has 0 aliphatic rings. The van der Waals surface area contributed by atoms with Crippen molar-refractivity contribution in [2.24, 2.45) is 0 Å². The average molecular weight is 378 g/mol. The summed E-state index contributed by atoms with van der Waals surface area (Å²) in [6.45, 7) is 4.81.